The van der Waals surface area contributed by atoms with Gasteiger partial charge >= 0.3 is 0 Å². The van der Waals surface area contributed by atoms with E-state index < -0.39 is 5.82 Å². The first kappa shape index (κ1) is 15.4. The Bertz CT molecular complexity index is 447. The highest BCUT2D eigenvalue weighted by molar-refractivity contribution is 5.95. The van der Waals surface area contributed by atoms with Crippen LogP contribution in [0.25, 0.3) is 0 Å². The van der Waals surface area contributed by atoms with E-state index in [1.807, 2.05) is 13.8 Å². The Labute approximate surface area is 113 Å². The second kappa shape index (κ2) is 6.52. The monoisotopic (exact) mass is 268 g/mol. The highest BCUT2D eigenvalue weighted by Crippen LogP contribution is 2.19. The molecule has 0 aliphatic heterocycles. The molecule has 1 aromatic rings. The van der Waals surface area contributed by atoms with Crippen LogP contribution < -0.4 is 11.1 Å². The number of ether oxygens (including phenoxy) is 1. The Morgan fingerprint density at radius 1 is 1.47 bits per heavy atom. The van der Waals surface area contributed by atoms with E-state index in [0.717, 1.165) is 6.42 Å². The molecule has 4 nitrogen and oxygen atoms in total. The lowest BCUT2D eigenvalue weighted by Crippen LogP contribution is -2.34. The van der Waals surface area contributed by atoms with Gasteiger partial charge in [0, 0.05) is 25.8 Å². The van der Waals surface area contributed by atoms with E-state index in [4.69, 9.17) is 10.5 Å². The number of carbonyl (C=O) groups excluding carboxylic acids is 1. The molecule has 0 unspecified atom stereocenters. The van der Waals surface area contributed by atoms with Crippen LogP contribution in [0.4, 0.5) is 10.1 Å². The van der Waals surface area contributed by atoms with Crippen molar-refractivity contribution in [3.8, 4) is 0 Å². The molecule has 0 aliphatic carbocycles. The highest BCUT2D eigenvalue weighted by atomic mass is 19.1. The number of hydrogen-bond donors (Lipinski definition) is 2. The summed E-state index contributed by atoms with van der Waals surface area (Å²) in [6.07, 6.45) is 0.843. The molecule has 3 N–H and O–H groups in total. The van der Waals surface area contributed by atoms with Gasteiger partial charge < -0.3 is 15.8 Å². The number of methoxy groups -OCH3 is 1. The zero-order valence-corrected chi connectivity index (χ0v) is 11.6. The molecule has 0 saturated carbocycles. The molecule has 5 heteroatoms. The Morgan fingerprint density at radius 2 is 2.16 bits per heavy atom. The SMILES string of the molecule is COCCC(C)(C)CNC(=O)c1ccc(F)c(N)c1. The lowest BCUT2D eigenvalue weighted by atomic mass is 9.89. The van der Waals surface area contributed by atoms with Gasteiger partial charge in [-0.05, 0) is 30.0 Å². The van der Waals surface area contributed by atoms with Gasteiger partial charge in [0.1, 0.15) is 5.82 Å². The van der Waals surface area contributed by atoms with Crippen molar-refractivity contribution in [2.24, 2.45) is 5.41 Å². The lowest BCUT2D eigenvalue weighted by molar-refractivity contribution is 0.0921. The van der Waals surface area contributed by atoms with Crippen LogP contribution in [0.5, 0.6) is 0 Å². The minimum absolute atomic E-state index is 0.0220. The van der Waals surface area contributed by atoms with Crippen LogP contribution in [0.1, 0.15) is 30.6 Å². The molecule has 1 amide bonds. The summed E-state index contributed by atoms with van der Waals surface area (Å²) in [7, 11) is 1.65. The van der Waals surface area contributed by atoms with Crippen LogP contribution in [-0.4, -0.2) is 26.2 Å². The van der Waals surface area contributed by atoms with Crippen molar-refractivity contribution in [3.63, 3.8) is 0 Å². The number of anilines is 1. The third kappa shape index (κ3) is 4.87. The minimum atomic E-state index is -0.517. The molecule has 19 heavy (non-hydrogen) atoms. The summed E-state index contributed by atoms with van der Waals surface area (Å²) in [5.74, 6) is -0.769. The molecule has 1 aromatic carbocycles. The number of carbonyl (C=O) groups is 1. The van der Waals surface area contributed by atoms with E-state index in [9.17, 15) is 9.18 Å². The fourth-order valence-corrected chi connectivity index (χ4v) is 1.57. The summed E-state index contributed by atoms with van der Waals surface area (Å²) >= 11 is 0. The van der Waals surface area contributed by atoms with Crippen molar-refractivity contribution >= 4 is 11.6 Å². The molecule has 0 saturated heterocycles. The molecule has 0 bridgehead atoms. The fourth-order valence-electron chi connectivity index (χ4n) is 1.57. The standard InChI is InChI=1S/C14H21FN2O2/c1-14(2,6-7-19-3)9-17-13(18)10-4-5-11(15)12(16)8-10/h4-5,8H,6-7,9,16H2,1-3H3,(H,17,18). The maximum absolute atomic E-state index is 13.0. The molecule has 0 radical (unpaired) electrons. The van der Waals surface area contributed by atoms with E-state index in [2.05, 4.69) is 5.32 Å². The maximum Gasteiger partial charge on any atom is 0.251 e. The molecule has 106 valence electrons. The number of hydrogen-bond acceptors (Lipinski definition) is 3. The Kier molecular flexibility index (Phi) is 5.30. The first-order valence-corrected chi connectivity index (χ1v) is 6.18. The quantitative estimate of drug-likeness (QED) is 0.777. The van der Waals surface area contributed by atoms with Crippen molar-refractivity contribution in [3.05, 3.63) is 29.6 Å². The molecule has 1 rings (SSSR count). The number of nitrogens with two attached hydrogens (primary N) is 1. The Morgan fingerprint density at radius 3 is 2.74 bits per heavy atom. The Balaban J connectivity index is 2.57. The maximum atomic E-state index is 13.0. The van der Waals surface area contributed by atoms with Crippen molar-refractivity contribution in [2.45, 2.75) is 20.3 Å². The van der Waals surface area contributed by atoms with Gasteiger partial charge in [-0.15, -0.1) is 0 Å². The summed E-state index contributed by atoms with van der Waals surface area (Å²) in [6, 6.07) is 3.95. The molecule has 0 spiro atoms. The molecule has 0 aromatic heterocycles. The first-order valence-electron chi connectivity index (χ1n) is 6.18. The minimum Gasteiger partial charge on any atom is -0.396 e. The van der Waals surface area contributed by atoms with Crippen molar-refractivity contribution in [1.29, 1.82) is 0 Å². The van der Waals surface area contributed by atoms with Crippen LogP contribution in [0.2, 0.25) is 0 Å². The summed E-state index contributed by atoms with van der Waals surface area (Å²) < 4.78 is 18.0. The number of amides is 1. The van der Waals surface area contributed by atoms with Gasteiger partial charge in [0.25, 0.3) is 5.91 Å². The topological polar surface area (TPSA) is 64.3 Å². The van der Waals surface area contributed by atoms with Crippen LogP contribution in [0, 0.1) is 11.2 Å². The average Bonchev–Trinajstić information content (AvgIpc) is 2.37. The fraction of sp³-hybridized carbons (Fsp3) is 0.500. The highest BCUT2D eigenvalue weighted by Gasteiger charge is 2.19. The van der Waals surface area contributed by atoms with Crippen LogP contribution in [0.3, 0.4) is 0 Å². The molecular formula is C14H21FN2O2. The van der Waals surface area contributed by atoms with Gasteiger partial charge in [0.15, 0.2) is 0 Å². The second-order valence-corrected chi connectivity index (χ2v) is 5.33. The molecule has 0 heterocycles. The van der Waals surface area contributed by atoms with Crippen molar-refractivity contribution in [2.75, 3.05) is 26.0 Å². The summed E-state index contributed by atoms with van der Waals surface area (Å²) in [5.41, 5.74) is 5.72. The predicted octanol–water partition coefficient (Wildman–Crippen LogP) is 2.20. The van der Waals surface area contributed by atoms with E-state index in [1.54, 1.807) is 7.11 Å². The lowest BCUT2D eigenvalue weighted by Gasteiger charge is -2.24. The van der Waals surface area contributed by atoms with Gasteiger partial charge in [-0.2, -0.15) is 0 Å². The van der Waals surface area contributed by atoms with Crippen molar-refractivity contribution < 1.29 is 13.9 Å². The Hall–Kier alpha value is -1.62. The van der Waals surface area contributed by atoms with E-state index in [-0.39, 0.29) is 17.0 Å². The average molecular weight is 268 g/mol. The van der Waals surface area contributed by atoms with Gasteiger partial charge in [0.2, 0.25) is 0 Å². The summed E-state index contributed by atoms with van der Waals surface area (Å²) in [6.45, 7) is 5.26. The molecule has 0 aliphatic rings. The number of halogens is 1. The number of nitrogens with one attached hydrogen (secondary N) is 1. The second-order valence-electron chi connectivity index (χ2n) is 5.33. The van der Waals surface area contributed by atoms with Gasteiger partial charge in [-0.1, -0.05) is 13.8 Å². The number of nitrogen functional groups attached to an aromatic ring is 1. The van der Waals surface area contributed by atoms with Crippen LogP contribution in [0.15, 0.2) is 18.2 Å². The third-order valence-electron chi connectivity index (χ3n) is 2.97. The predicted molar refractivity (Wildman–Crippen MR) is 73.4 cm³/mol. The van der Waals surface area contributed by atoms with Gasteiger partial charge in [-0.25, -0.2) is 4.39 Å². The van der Waals surface area contributed by atoms with Crippen LogP contribution >= 0.6 is 0 Å². The number of rotatable bonds is 6. The molecule has 0 fully saturated rings. The van der Waals surface area contributed by atoms with E-state index >= 15 is 0 Å². The molecule has 0 atom stereocenters. The normalized spacial score (nSPS) is 11.4. The first-order chi connectivity index (χ1) is 8.85. The van der Waals surface area contributed by atoms with E-state index in [0.29, 0.717) is 18.7 Å². The zero-order valence-electron chi connectivity index (χ0n) is 11.6. The third-order valence-corrected chi connectivity index (χ3v) is 2.97. The van der Waals surface area contributed by atoms with Gasteiger partial charge in [0.05, 0.1) is 5.69 Å². The van der Waals surface area contributed by atoms with Crippen molar-refractivity contribution in [1.82, 2.24) is 5.32 Å². The van der Waals surface area contributed by atoms with E-state index in [1.165, 1.54) is 18.2 Å². The number of benzene rings is 1. The van der Waals surface area contributed by atoms with Gasteiger partial charge in [-0.3, -0.25) is 4.79 Å². The summed E-state index contributed by atoms with van der Waals surface area (Å²) in [4.78, 5) is 11.9. The summed E-state index contributed by atoms with van der Waals surface area (Å²) in [5, 5.41) is 2.82. The zero-order chi connectivity index (χ0) is 14.5. The molecular weight excluding hydrogens is 247 g/mol. The van der Waals surface area contributed by atoms with Crippen LogP contribution in [-0.2, 0) is 4.74 Å². The smallest absolute Gasteiger partial charge is 0.251 e. The largest absolute Gasteiger partial charge is 0.396 e.